The van der Waals surface area contributed by atoms with Crippen LogP contribution < -0.4 is 29.1 Å². The molecule has 0 spiro atoms. The first-order chi connectivity index (χ1) is 23.1. The first-order valence-corrected chi connectivity index (χ1v) is 17.6. The number of allylic oxidation sites excluding steroid dienone is 1. The van der Waals surface area contributed by atoms with Gasteiger partial charge in [-0.15, -0.1) is 0 Å². The predicted octanol–water partition coefficient (Wildman–Crippen LogP) is 5.69. The highest BCUT2D eigenvalue weighted by Crippen LogP contribution is 2.36. The van der Waals surface area contributed by atoms with Crippen LogP contribution in [0, 0.1) is 3.57 Å². The molecule has 0 N–H and O–H groups in total. The Balaban J connectivity index is 1.61. The summed E-state index contributed by atoms with van der Waals surface area (Å²) in [5.74, 6) is 0.115. The number of fused-ring (bicyclic) bond motifs is 1. The van der Waals surface area contributed by atoms with Crippen LogP contribution in [0.25, 0.3) is 6.08 Å². The average Bonchev–Trinajstić information content (AvgIpc) is 3.37. The molecule has 48 heavy (non-hydrogen) atoms. The molecule has 0 aliphatic carbocycles. The van der Waals surface area contributed by atoms with E-state index in [1.807, 2.05) is 49.4 Å². The van der Waals surface area contributed by atoms with Crippen molar-refractivity contribution in [1.29, 1.82) is 0 Å². The Morgan fingerprint density at radius 3 is 2.44 bits per heavy atom. The summed E-state index contributed by atoms with van der Waals surface area (Å²) in [5, 5.41) is 0. The number of carbonyl (C=O) groups is 2. The number of hydrogen-bond acceptors (Lipinski definition) is 10. The number of rotatable bonds is 12. The molecule has 2 heterocycles. The van der Waals surface area contributed by atoms with Gasteiger partial charge in [0.2, 0.25) is 0 Å². The van der Waals surface area contributed by atoms with Crippen LogP contribution in [0.15, 0.2) is 86.2 Å². The fraction of sp³-hybridized carbons (Fsp3) is 0.257. The zero-order chi connectivity index (χ0) is 34.4. The Labute approximate surface area is 302 Å². The van der Waals surface area contributed by atoms with Gasteiger partial charge in [-0.3, -0.25) is 9.36 Å². The Bertz CT molecular complexity index is 2060. The van der Waals surface area contributed by atoms with E-state index in [0.717, 1.165) is 13.6 Å². The maximum atomic E-state index is 14.3. The van der Waals surface area contributed by atoms with Gasteiger partial charge in [-0.25, -0.2) is 14.6 Å². The average molecular weight is 848 g/mol. The van der Waals surface area contributed by atoms with E-state index in [4.69, 9.17) is 23.7 Å². The fourth-order valence-electron chi connectivity index (χ4n) is 5.03. The Morgan fingerprint density at radius 1 is 0.979 bits per heavy atom. The number of aromatic nitrogens is 1. The van der Waals surface area contributed by atoms with Crippen molar-refractivity contribution in [3.63, 3.8) is 0 Å². The van der Waals surface area contributed by atoms with Gasteiger partial charge in [0.05, 0.1) is 42.2 Å². The number of halogens is 2. The summed E-state index contributed by atoms with van der Waals surface area (Å²) in [6.07, 6.45) is 1.77. The standard InChI is InChI=1S/C35H32BrIN2O8S/c1-5-44-28-16-22(9-13-27(28)47-19-30(40)43-4)32-31(34(42)45-6-2)20(3)38-35-39(32)33(41)29(48-35)17-23-15-24(36)10-14-26(23)46-18-21-7-11-25(37)12-8-21/h7-17,32H,5-6,18-19H2,1-4H3/b29-17-/t32-/m0/s1. The second-order valence-electron chi connectivity index (χ2n) is 10.4. The van der Waals surface area contributed by atoms with Crippen molar-refractivity contribution in [3.05, 3.63) is 116 Å². The summed E-state index contributed by atoms with van der Waals surface area (Å²) in [5.41, 5.74) is 2.59. The lowest BCUT2D eigenvalue weighted by Gasteiger charge is -2.25. The van der Waals surface area contributed by atoms with Gasteiger partial charge in [0.25, 0.3) is 5.56 Å². The number of thiazole rings is 1. The molecule has 4 aromatic rings. The van der Waals surface area contributed by atoms with Crippen LogP contribution in [0.3, 0.4) is 0 Å². The number of nitrogens with zero attached hydrogens (tertiary/aromatic N) is 2. The summed E-state index contributed by atoms with van der Waals surface area (Å²) in [7, 11) is 1.27. The monoisotopic (exact) mass is 846 g/mol. The number of esters is 2. The zero-order valence-electron chi connectivity index (χ0n) is 26.6. The number of benzene rings is 3. The van der Waals surface area contributed by atoms with Gasteiger partial charge in [0, 0.05) is 13.6 Å². The molecule has 1 atom stereocenters. The highest BCUT2D eigenvalue weighted by Gasteiger charge is 2.34. The van der Waals surface area contributed by atoms with Crippen LogP contribution in [0.2, 0.25) is 0 Å². The molecular formula is C35H32BrIN2O8S. The Morgan fingerprint density at radius 2 is 1.73 bits per heavy atom. The van der Waals surface area contributed by atoms with Crippen LogP contribution in [-0.2, 0) is 25.7 Å². The third kappa shape index (κ3) is 8.01. The molecule has 0 bridgehead atoms. The summed E-state index contributed by atoms with van der Waals surface area (Å²) >= 11 is 7.01. The molecule has 10 nitrogen and oxygen atoms in total. The maximum absolute atomic E-state index is 14.3. The second-order valence-corrected chi connectivity index (χ2v) is 13.6. The van der Waals surface area contributed by atoms with Gasteiger partial charge in [-0.2, -0.15) is 0 Å². The lowest BCUT2D eigenvalue weighted by atomic mass is 9.95. The SMILES string of the molecule is CCOC(=O)C1=C(C)N=c2s/c(=C\c3cc(Br)ccc3OCc3ccc(I)cc3)c(=O)n2[C@H]1c1ccc(OCC(=O)OC)c(OCC)c1. The lowest BCUT2D eigenvalue weighted by molar-refractivity contribution is -0.143. The number of hydrogen-bond donors (Lipinski definition) is 0. The van der Waals surface area contributed by atoms with Crippen LogP contribution in [0.4, 0.5) is 0 Å². The smallest absolute Gasteiger partial charge is 0.343 e. The van der Waals surface area contributed by atoms with E-state index in [2.05, 4.69) is 43.5 Å². The summed E-state index contributed by atoms with van der Waals surface area (Å²) in [4.78, 5) is 44.5. The second kappa shape index (κ2) is 16.0. The normalized spacial score (nSPS) is 14.2. The minimum atomic E-state index is -0.879. The van der Waals surface area contributed by atoms with Crippen molar-refractivity contribution in [3.8, 4) is 17.2 Å². The van der Waals surface area contributed by atoms with E-state index in [9.17, 15) is 14.4 Å². The third-order valence-corrected chi connectivity index (χ3v) is 9.43. The highest BCUT2D eigenvalue weighted by atomic mass is 127. The van der Waals surface area contributed by atoms with Gasteiger partial charge >= 0.3 is 11.9 Å². The molecule has 1 aliphatic heterocycles. The highest BCUT2D eigenvalue weighted by molar-refractivity contribution is 14.1. The summed E-state index contributed by atoms with van der Waals surface area (Å²) in [6.45, 7) is 5.74. The Hall–Kier alpha value is -3.95. The zero-order valence-corrected chi connectivity index (χ0v) is 31.1. The topological polar surface area (TPSA) is 115 Å². The first kappa shape index (κ1) is 35.4. The predicted molar refractivity (Wildman–Crippen MR) is 193 cm³/mol. The molecule has 0 amide bonds. The third-order valence-electron chi connectivity index (χ3n) is 7.24. The molecule has 0 radical (unpaired) electrons. The molecule has 13 heteroatoms. The fourth-order valence-corrected chi connectivity index (χ4v) is 6.81. The number of methoxy groups -OCH3 is 1. The summed E-state index contributed by atoms with van der Waals surface area (Å²) < 4.78 is 31.7. The van der Waals surface area contributed by atoms with Crippen LogP contribution in [0.1, 0.15) is 43.5 Å². The molecule has 1 aliphatic rings. The maximum Gasteiger partial charge on any atom is 0.343 e. The van der Waals surface area contributed by atoms with Gasteiger partial charge in [-0.05, 0) is 103 Å². The first-order valence-electron chi connectivity index (χ1n) is 15.0. The molecule has 0 saturated carbocycles. The van der Waals surface area contributed by atoms with Crippen molar-refractivity contribution in [2.24, 2.45) is 4.99 Å². The lowest BCUT2D eigenvalue weighted by Crippen LogP contribution is -2.40. The van der Waals surface area contributed by atoms with Crippen molar-refractivity contribution >= 4 is 67.9 Å². The van der Waals surface area contributed by atoms with Gasteiger partial charge in [0.15, 0.2) is 22.9 Å². The van der Waals surface area contributed by atoms with Crippen molar-refractivity contribution in [2.75, 3.05) is 26.9 Å². The van der Waals surface area contributed by atoms with Crippen molar-refractivity contribution in [2.45, 2.75) is 33.4 Å². The minimum Gasteiger partial charge on any atom is -0.490 e. The molecule has 5 rings (SSSR count). The van der Waals surface area contributed by atoms with Gasteiger partial charge in [0.1, 0.15) is 12.4 Å². The van der Waals surface area contributed by atoms with E-state index in [-0.39, 0.29) is 24.3 Å². The van der Waals surface area contributed by atoms with Gasteiger partial charge in [-0.1, -0.05) is 45.5 Å². The van der Waals surface area contributed by atoms with E-state index in [1.54, 1.807) is 38.1 Å². The van der Waals surface area contributed by atoms with E-state index >= 15 is 0 Å². The largest absolute Gasteiger partial charge is 0.490 e. The van der Waals surface area contributed by atoms with Crippen LogP contribution in [0.5, 0.6) is 17.2 Å². The number of ether oxygens (including phenoxy) is 5. The molecule has 3 aromatic carbocycles. The molecule has 250 valence electrons. The van der Waals surface area contributed by atoms with E-state index in [1.165, 1.54) is 23.0 Å². The van der Waals surface area contributed by atoms with Crippen LogP contribution in [-0.4, -0.2) is 43.4 Å². The number of carbonyl (C=O) groups excluding carboxylic acids is 2. The van der Waals surface area contributed by atoms with Gasteiger partial charge < -0.3 is 23.7 Å². The van der Waals surface area contributed by atoms with E-state index < -0.39 is 18.0 Å². The quantitative estimate of drug-likeness (QED) is 0.132. The van der Waals surface area contributed by atoms with Crippen molar-refractivity contribution < 1.29 is 33.3 Å². The van der Waals surface area contributed by atoms with E-state index in [0.29, 0.717) is 56.6 Å². The minimum absolute atomic E-state index is 0.144. The molecule has 0 fully saturated rings. The molecule has 0 saturated heterocycles. The Kier molecular flexibility index (Phi) is 11.8. The molecular weight excluding hydrogens is 815 g/mol. The molecule has 1 aromatic heterocycles. The van der Waals surface area contributed by atoms with Crippen LogP contribution >= 0.6 is 49.9 Å². The van der Waals surface area contributed by atoms with Crippen molar-refractivity contribution in [1.82, 2.24) is 4.57 Å². The summed E-state index contributed by atoms with van der Waals surface area (Å²) in [6, 6.07) is 17.8. The molecule has 0 unspecified atom stereocenters.